The summed E-state index contributed by atoms with van der Waals surface area (Å²) in [6.45, 7) is 1.02. The predicted octanol–water partition coefficient (Wildman–Crippen LogP) is 4.62. The predicted molar refractivity (Wildman–Crippen MR) is 76.8 cm³/mol. The van der Waals surface area contributed by atoms with Crippen molar-refractivity contribution in [2.24, 2.45) is 0 Å². The van der Waals surface area contributed by atoms with Crippen LogP contribution in [-0.2, 0) is 0 Å². The van der Waals surface area contributed by atoms with Crippen molar-refractivity contribution in [1.29, 1.82) is 0 Å². The van der Waals surface area contributed by atoms with E-state index in [9.17, 15) is 4.39 Å². The molecule has 100 valence electrons. The third-order valence-corrected chi connectivity index (χ3v) is 2.99. The minimum atomic E-state index is -0.482. The van der Waals surface area contributed by atoms with Crippen molar-refractivity contribution >= 4 is 28.9 Å². The Kier molecular flexibility index (Phi) is 4.88. The summed E-state index contributed by atoms with van der Waals surface area (Å²) in [5.41, 5.74) is 0.954. The Hall–Kier alpha value is -1.45. The van der Waals surface area contributed by atoms with Crippen molar-refractivity contribution in [2.45, 2.75) is 0 Å². The van der Waals surface area contributed by atoms with E-state index in [2.05, 4.69) is 5.32 Å². The molecule has 0 saturated carbocycles. The number of hydrogen-bond donors (Lipinski definition) is 1. The molecule has 0 aliphatic heterocycles. The summed E-state index contributed by atoms with van der Waals surface area (Å²) in [4.78, 5) is 0. The molecule has 5 heteroatoms. The molecule has 0 aliphatic rings. The molecule has 0 heterocycles. The number of nitrogens with one attached hydrogen (secondary N) is 1. The molecular formula is C14H12Cl2FNO. The number of rotatable bonds is 5. The molecule has 2 rings (SSSR count). The maximum atomic E-state index is 13.2. The lowest BCUT2D eigenvalue weighted by molar-refractivity contribution is 0.331. The van der Waals surface area contributed by atoms with Crippen LogP contribution in [0.1, 0.15) is 0 Å². The van der Waals surface area contributed by atoms with Gasteiger partial charge in [0, 0.05) is 23.3 Å². The highest BCUT2D eigenvalue weighted by molar-refractivity contribution is 6.31. The topological polar surface area (TPSA) is 21.3 Å². The largest absolute Gasteiger partial charge is 0.492 e. The zero-order chi connectivity index (χ0) is 13.7. The van der Waals surface area contributed by atoms with Crippen LogP contribution < -0.4 is 10.1 Å². The van der Waals surface area contributed by atoms with Crippen LogP contribution in [0.25, 0.3) is 0 Å². The summed E-state index contributed by atoms with van der Waals surface area (Å²) in [5.74, 6) is -0.0235. The normalized spacial score (nSPS) is 10.3. The van der Waals surface area contributed by atoms with Crippen molar-refractivity contribution < 1.29 is 9.13 Å². The highest BCUT2D eigenvalue weighted by Gasteiger charge is 2.01. The molecule has 0 radical (unpaired) electrons. The lowest BCUT2D eigenvalue weighted by Crippen LogP contribution is -2.11. The summed E-state index contributed by atoms with van der Waals surface area (Å²) < 4.78 is 18.6. The van der Waals surface area contributed by atoms with Gasteiger partial charge < -0.3 is 10.1 Å². The van der Waals surface area contributed by atoms with Gasteiger partial charge in [-0.25, -0.2) is 4.39 Å². The molecule has 2 aromatic rings. The van der Waals surface area contributed by atoms with Crippen molar-refractivity contribution in [3.05, 3.63) is 58.3 Å². The van der Waals surface area contributed by atoms with Gasteiger partial charge in [-0.2, -0.15) is 0 Å². The number of halogens is 3. The first-order chi connectivity index (χ1) is 9.15. The van der Waals surface area contributed by atoms with Gasteiger partial charge in [0.15, 0.2) is 0 Å². The van der Waals surface area contributed by atoms with Crippen LogP contribution in [0.4, 0.5) is 10.1 Å². The van der Waals surface area contributed by atoms with Gasteiger partial charge in [0.1, 0.15) is 18.2 Å². The van der Waals surface area contributed by atoms with Gasteiger partial charge in [-0.05, 0) is 36.4 Å². The maximum Gasteiger partial charge on any atom is 0.145 e. The molecule has 0 spiro atoms. The first kappa shape index (κ1) is 14.0. The second-order valence-electron chi connectivity index (χ2n) is 3.86. The number of hydrogen-bond acceptors (Lipinski definition) is 2. The zero-order valence-corrected chi connectivity index (χ0v) is 11.5. The van der Waals surface area contributed by atoms with Crippen LogP contribution >= 0.6 is 23.2 Å². The first-order valence-corrected chi connectivity index (χ1v) is 6.48. The van der Waals surface area contributed by atoms with Gasteiger partial charge in [-0.3, -0.25) is 0 Å². The Balaban J connectivity index is 1.77. The monoisotopic (exact) mass is 299 g/mol. The first-order valence-electron chi connectivity index (χ1n) is 5.72. The van der Waals surface area contributed by atoms with Crippen LogP contribution in [0.15, 0.2) is 42.5 Å². The Morgan fingerprint density at radius 1 is 1.05 bits per heavy atom. The van der Waals surface area contributed by atoms with E-state index in [0.717, 1.165) is 5.69 Å². The summed E-state index contributed by atoms with van der Waals surface area (Å²) in [6.07, 6.45) is 0. The van der Waals surface area contributed by atoms with E-state index in [4.69, 9.17) is 27.9 Å². The second kappa shape index (κ2) is 6.64. The Bertz CT molecular complexity index is 546. The standard InChI is InChI=1S/C14H12Cl2FNO/c15-10-1-3-11(4-2-10)18-7-8-19-12-5-6-13(16)14(17)9-12/h1-6,9,18H,7-8H2. The fraction of sp³-hybridized carbons (Fsp3) is 0.143. The van der Waals surface area contributed by atoms with Crippen LogP contribution in [0.3, 0.4) is 0 Å². The Morgan fingerprint density at radius 2 is 1.79 bits per heavy atom. The van der Waals surface area contributed by atoms with E-state index in [-0.39, 0.29) is 5.02 Å². The fourth-order valence-electron chi connectivity index (χ4n) is 1.50. The smallest absolute Gasteiger partial charge is 0.145 e. The number of benzene rings is 2. The third-order valence-electron chi connectivity index (χ3n) is 2.44. The molecule has 0 aliphatic carbocycles. The van der Waals surface area contributed by atoms with Crippen LogP contribution in [-0.4, -0.2) is 13.2 Å². The fourth-order valence-corrected chi connectivity index (χ4v) is 1.74. The van der Waals surface area contributed by atoms with Crippen molar-refractivity contribution in [2.75, 3.05) is 18.5 Å². The molecule has 2 aromatic carbocycles. The van der Waals surface area contributed by atoms with E-state index in [1.54, 1.807) is 18.2 Å². The van der Waals surface area contributed by atoms with Gasteiger partial charge in [0.05, 0.1) is 5.02 Å². The van der Waals surface area contributed by atoms with Crippen molar-refractivity contribution in [1.82, 2.24) is 0 Å². The quantitative estimate of drug-likeness (QED) is 0.813. The van der Waals surface area contributed by atoms with Crippen molar-refractivity contribution in [3.8, 4) is 5.75 Å². The molecule has 0 aromatic heterocycles. The SMILES string of the molecule is Fc1cc(OCCNc2ccc(Cl)cc2)ccc1Cl. The van der Waals surface area contributed by atoms with E-state index in [1.807, 2.05) is 12.1 Å². The summed E-state index contributed by atoms with van der Waals surface area (Å²) in [5, 5.41) is 3.95. The molecule has 0 saturated heterocycles. The molecule has 0 fully saturated rings. The molecule has 0 bridgehead atoms. The highest BCUT2D eigenvalue weighted by Crippen LogP contribution is 2.20. The minimum absolute atomic E-state index is 0.0895. The lowest BCUT2D eigenvalue weighted by Gasteiger charge is -2.09. The molecule has 0 atom stereocenters. The van der Waals surface area contributed by atoms with Crippen molar-refractivity contribution in [3.63, 3.8) is 0 Å². The van der Waals surface area contributed by atoms with E-state index in [1.165, 1.54) is 12.1 Å². The molecule has 2 nitrogen and oxygen atoms in total. The minimum Gasteiger partial charge on any atom is -0.492 e. The Morgan fingerprint density at radius 3 is 2.47 bits per heavy atom. The molecule has 0 unspecified atom stereocenters. The molecular weight excluding hydrogens is 288 g/mol. The van der Waals surface area contributed by atoms with Gasteiger partial charge >= 0.3 is 0 Å². The summed E-state index contributed by atoms with van der Waals surface area (Å²) in [7, 11) is 0. The van der Waals surface area contributed by atoms with Crippen LogP contribution in [0, 0.1) is 5.82 Å². The zero-order valence-electron chi connectivity index (χ0n) is 10.00. The van der Waals surface area contributed by atoms with E-state index < -0.39 is 5.82 Å². The Labute approximate surface area is 121 Å². The van der Waals surface area contributed by atoms with E-state index >= 15 is 0 Å². The average Bonchev–Trinajstić information content (AvgIpc) is 2.41. The summed E-state index contributed by atoms with van der Waals surface area (Å²) in [6, 6.07) is 11.7. The maximum absolute atomic E-state index is 13.2. The lowest BCUT2D eigenvalue weighted by atomic mass is 10.3. The molecule has 19 heavy (non-hydrogen) atoms. The van der Waals surface area contributed by atoms with Crippen LogP contribution in [0.2, 0.25) is 10.0 Å². The van der Waals surface area contributed by atoms with E-state index in [0.29, 0.717) is 23.9 Å². The second-order valence-corrected chi connectivity index (χ2v) is 4.70. The number of ether oxygens (including phenoxy) is 1. The van der Waals surface area contributed by atoms with Gasteiger partial charge in [0.2, 0.25) is 0 Å². The third kappa shape index (κ3) is 4.30. The summed E-state index contributed by atoms with van der Waals surface area (Å²) >= 11 is 11.4. The van der Waals surface area contributed by atoms with Gasteiger partial charge in [-0.15, -0.1) is 0 Å². The van der Waals surface area contributed by atoms with Gasteiger partial charge in [-0.1, -0.05) is 23.2 Å². The highest BCUT2D eigenvalue weighted by atomic mass is 35.5. The average molecular weight is 300 g/mol. The molecule has 1 N–H and O–H groups in total. The van der Waals surface area contributed by atoms with Gasteiger partial charge in [0.25, 0.3) is 0 Å². The van der Waals surface area contributed by atoms with Crippen LogP contribution in [0.5, 0.6) is 5.75 Å². The number of anilines is 1. The molecule has 0 amide bonds.